The molecule has 1 saturated heterocycles. The molecule has 0 amide bonds. The minimum absolute atomic E-state index is 0.219. The van der Waals surface area contributed by atoms with Crippen molar-refractivity contribution in [1.29, 1.82) is 0 Å². The van der Waals surface area contributed by atoms with E-state index in [0.29, 0.717) is 19.4 Å². The summed E-state index contributed by atoms with van der Waals surface area (Å²) in [6.07, 6.45) is -0.148. The highest BCUT2D eigenvalue weighted by Crippen LogP contribution is 2.46. The molecule has 2 aliphatic rings. The number of halogens is 3. The van der Waals surface area contributed by atoms with Gasteiger partial charge in [-0.2, -0.15) is 13.2 Å². The summed E-state index contributed by atoms with van der Waals surface area (Å²) < 4.78 is 44.0. The van der Waals surface area contributed by atoms with Crippen molar-refractivity contribution >= 4 is 0 Å². The van der Waals surface area contributed by atoms with Crippen LogP contribution >= 0.6 is 0 Å². The molecule has 1 aliphatic carbocycles. The summed E-state index contributed by atoms with van der Waals surface area (Å²) in [5.41, 5.74) is -0.219. The van der Waals surface area contributed by atoms with Crippen molar-refractivity contribution in [3.63, 3.8) is 0 Å². The molecule has 0 aromatic carbocycles. The lowest BCUT2D eigenvalue weighted by molar-refractivity contribution is -0.197. The van der Waals surface area contributed by atoms with E-state index in [1.807, 2.05) is 0 Å². The first-order valence-electron chi connectivity index (χ1n) is 5.85. The lowest BCUT2D eigenvalue weighted by atomic mass is 9.70. The zero-order valence-corrected chi connectivity index (χ0v) is 9.44. The SMILES string of the molecule is CNC(C1CCOC2(CCC2)C1)C(F)(F)F. The van der Waals surface area contributed by atoms with Crippen molar-refractivity contribution in [2.45, 2.75) is 49.9 Å². The molecule has 0 bridgehead atoms. The van der Waals surface area contributed by atoms with Gasteiger partial charge in [-0.25, -0.2) is 0 Å². The molecule has 1 N–H and O–H groups in total. The third-order valence-corrected chi connectivity index (χ3v) is 3.93. The largest absolute Gasteiger partial charge is 0.404 e. The molecule has 1 saturated carbocycles. The first-order chi connectivity index (χ1) is 7.47. The Kier molecular flexibility index (Phi) is 3.18. The van der Waals surface area contributed by atoms with Crippen LogP contribution in [0.4, 0.5) is 13.2 Å². The van der Waals surface area contributed by atoms with Crippen molar-refractivity contribution in [1.82, 2.24) is 5.32 Å². The molecular formula is C11H18F3NO. The maximum atomic E-state index is 12.8. The van der Waals surface area contributed by atoms with E-state index in [1.54, 1.807) is 0 Å². The van der Waals surface area contributed by atoms with E-state index < -0.39 is 12.2 Å². The third-order valence-electron chi connectivity index (χ3n) is 3.93. The molecular weight excluding hydrogens is 219 g/mol. The van der Waals surface area contributed by atoms with Gasteiger partial charge in [-0.15, -0.1) is 0 Å². The Labute approximate surface area is 93.5 Å². The maximum absolute atomic E-state index is 12.8. The average Bonchev–Trinajstić information content (AvgIpc) is 2.15. The van der Waals surface area contributed by atoms with Crippen molar-refractivity contribution in [3.8, 4) is 0 Å². The van der Waals surface area contributed by atoms with Gasteiger partial charge in [-0.3, -0.25) is 0 Å². The molecule has 2 rings (SSSR count). The number of nitrogens with one attached hydrogen (secondary N) is 1. The van der Waals surface area contributed by atoms with Gasteiger partial charge in [-0.1, -0.05) is 0 Å². The van der Waals surface area contributed by atoms with Crippen LogP contribution in [-0.2, 0) is 4.74 Å². The Hall–Kier alpha value is -0.290. The molecule has 1 spiro atoms. The fraction of sp³-hybridized carbons (Fsp3) is 1.00. The second-order valence-corrected chi connectivity index (χ2v) is 4.95. The topological polar surface area (TPSA) is 21.3 Å². The summed E-state index contributed by atoms with van der Waals surface area (Å²) in [5, 5.41) is 2.42. The predicted octanol–water partition coefficient (Wildman–Crippen LogP) is 2.49. The van der Waals surface area contributed by atoms with Crippen LogP contribution in [0, 0.1) is 5.92 Å². The van der Waals surface area contributed by atoms with Crippen LogP contribution in [0.2, 0.25) is 0 Å². The molecule has 2 fully saturated rings. The Morgan fingerprint density at radius 3 is 2.50 bits per heavy atom. The van der Waals surface area contributed by atoms with Gasteiger partial charge in [0.1, 0.15) is 6.04 Å². The highest BCUT2D eigenvalue weighted by molar-refractivity contribution is 4.97. The summed E-state index contributed by atoms with van der Waals surface area (Å²) in [4.78, 5) is 0. The molecule has 0 radical (unpaired) electrons. The van der Waals surface area contributed by atoms with Crippen LogP contribution in [0.3, 0.4) is 0 Å². The lowest BCUT2D eigenvalue weighted by Crippen LogP contribution is -2.54. The van der Waals surface area contributed by atoms with Gasteiger partial charge in [0, 0.05) is 6.61 Å². The van der Waals surface area contributed by atoms with Crippen molar-refractivity contribution in [2.75, 3.05) is 13.7 Å². The Morgan fingerprint density at radius 2 is 2.06 bits per heavy atom. The minimum Gasteiger partial charge on any atom is -0.375 e. The third kappa shape index (κ3) is 2.20. The second kappa shape index (κ2) is 4.18. The molecule has 1 heterocycles. The summed E-state index contributed by atoms with van der Waals surface area (Å²) >= 11 is 0. The summed E-state index contributed by atoms with van der Waals surface area (Å²) in [6.45, 7) is 0.471. The average molecular weight is 237 g/mol. The molecule has 0 aromatic heterocycles. The molecule has 2 nitrogen and oxygen atoms in total. The monoisotopic (exact) mass is 237 g/mol. The van der Waals surface area contributed by atoms with Gasteiger partial charge < -0.3 is 10.1 Å². The molecule has 5 heteroatoms. The van der Waals surface area contributed by atoms with Gasteiger partial charge in [0.15, 0.2) is 0 Å². The van der Waals surface area contributed by atoms with Crippen LogP contribution in [0.1, 0.15) is 32.1 Å². The molecule has 0 aromatic rings. The van der Waals surface area contributed by atoms with E-state index in [1.165, 1.54) is 7.05 Å². The quantitative estimate of drug-likeness (QED) is 0.796. The summed E-state index contributed by atoms with van der Waals surface area (Å²) in [7, 11) is 1.39. The van der Waals surface area contributed by atoms with E-state index in [9.17, 15) is 13.2 Å². The van der Waals surface area contributed by atoms with Crippen LogP contribution < -0.4 is 5.32 Å². The minimum atomic E-state index is -4.15. The standard InChI is InChI=1S/C11H18F3NO/c1-15-9(11(12,13)14)8-3-6-16-10(7-8)4-2-5-10/h8-9,15H,2-7H2,1H3. The zero-order chi connectivity index (χ0) is 11.8. The van der Waals surface area contributed by atoms with Gasteiger partial charge in [-0.05, 0) is 45.1 Å². The Bertz CT molecular complexity index is 250. The van der Waals surface area contributed by atoms with E-state index >= 15 is 0 Å². The molecule has 16 heavy (non-hydrogen) atoms. The van der Waals surface area contributed by atoms with Gasteiger partial charge in [0.05, 0.1) is 5.60 Å². The molecule has 2 atom stereocenters. The van der Waals surface area contributed by atoms with E-state index in [-0.39, 0.29) is 11.5 Å². The first-order valence-corrected chi connectivity index (χ1v) is 5.85. The predicted molar refractivity (Wildman–Crippen MR) is 54.2 cm³/mol. The van der Waals surface area contributed by atoms with Crippen LogP contribution in [-0.4, -0.2) is 31.5 Å². The van der Waals surface area contributed by atoms with Gasteiger partial charge in [0.25, 0.3) is 0 Å². The van der Waals surface area contributed by atoms with Crippen molar-refractivity contribution in [2.24, 2.45) is 5.92 Å². The Balaban J connectivity index is 2.02. The summed E-state index contributed by atoms with van der Waals surface area (Å²) in [5.74, 6) is -0.334. The van der Waals surface area contributed by atoms with Crippen molar-refractivity contribution < 1.29 is 17.9 Å². The number of ether oxygens (including phenoxy) is 1. The maximum Gasteiger partial charge on any atom is 0.404 e. The van der Waals surface area contributed by atoms with E-state index in [0.717, 1.165) is 19.3 Å². The van der Waals surface area contributed by atoms with Gasteiger partial charge >= 0.3 is 6.18 Å². The smallest absolute Gasteiger partial charge is 0.375 e. The highest BCUT2D eigenvalue weighted by Gasteiger charge is 2.50. The number of hydrogen-bond acceptors (Lipinski definition) is 2. The second-order valence-electron chi connectivity index (χ2n) is 4.95. The van der Waals surface area contributed by atoms with Crippen molar-refractivity contribution in [3.05, 3.63) is 0 Å². The Morgan fingerprint density at radius 1 is 1.38 bits per heavy atom. The van der Waals surface area contributed by atoms with E-state index in [2.05, 4.69) is 5.32 Å². The molecule has 94 valence electrons. The lowest BCUT2D eigenvalue weighted by Gasteiger charge is -2.48. The number of rotatable bonds is 2. The number of hydrogen-bond donors (Lipinski definition) is 1. The first kappa shape index (κ1) is 12.2. The van der Waals surface area contributed by atoms with Crippen LogP contribution in [0.5, 0.6) is 0 Å². The highest BCUT2D eigenvalue weighted by atomic mass is 19.4. The number of alkyl halides is 3. The summed E-state index contributed by atoms with van der Waals surface area (Å²) in [6, 6.07) is -1.38. The van der Waals surface area contributed by atoms with Crippen LogP contribution in [0.25, 0.3) is 0 Å². The van der Waals surface area contributed by atoms with Gasteiger partial charge in [0.2, 0.25) is 0 Å². The van der Waals surface area contributed by atoms with E-state index in [4.69, 9.17) is 4.74 Å². The zero-order valence-electron chi connectivity index (χ0n) is 9.44. The van der Waals surface area contributed by atoms with Crippen LogP contribution in [0.15, 0.2) is 0 Å². The molecule has 1 aliphatic heterocycles. The fourth-order valence-electron chi connectivity index (χ4n) is 2.94. The fourth-order valence-corrected chi connectivity index (χ4v) is 2.94. The molecule has 2 unspecified atom stereocenters. The normalized spacial score (nSPS) is 31.1.